The summed E-state index contributed by atoms with van der Waals surface area (Å²) in [6.45, 7) is -3.52. The van der Waals surface area contributed by atoms with Crippen LogP contribution in [-0.4, -0.2) is 11.7 Å². The van der Waals surface area contributed by atoms with E-state index in [1.54, 1.807) is 0 Å². The molecule has 0 aliphatic heterocycles. The Bertz CT molecular complexity index is 289. The van der Waals surface area contributed by atoms with Gasteiger partial charge in [0.1, 0.15) is 11.6 Å². The average molecular weight is 192 g/mol. The van der Waals surface area contributed by atoms with Gasteiger partial charge in [-0.25, -0.2) is 4.39 Å². The molecule has 0 bridgehead atoms. The largest absolute Gasteiger partial charge is 0.434 e. The van der Waals surface area contributed by atoms with Gasteiger partial charge in [-0.05, 0) is 18.2 Å². The van der Waals surface area contributed by atoms with Crippen LogP contribution in [0.4, 0.5) is 13.2 Å². The fraction of sp³-hybridized carbons (Fsp3) is 0.250. The van der Waals surface area contributed by atoms with Gasteiger partial charge in [0.25, 0.3) is 0 Å². The number of benzene rings is 1. The monoisotopic (exact) mass is 192 g/mol. The van der Waals surface area contributed by atoms with Crippen LogP contribution in [0, 0.1) is 5.82 Å². The van der Waals surface area contributed by atoms with Crippen LogP contribution < -0.4 is 4.74 Å². The second-order valence-corrected chi connectivity index (χ2v) is 2.29. The van der Waals surface area contributed by atoms with Crippen LogP contribution in [-0.2, 0) is 6.61 Å². The number of rotatable bonds is 3. The molecule has 0 amide bonds. The van der Waals surface area contributed by atoms with E-state index < -0.39 is 19.0 Å². The summed E-state index contributed by atoms with van der Waals surface area (Å²) in [5.74, 6) is -0.815. The quantitative estimate of drug-likeness (QED) is 0.792. The lowest BCUT2D eigenvalue weighted by atomic mass is 10.2. The molecule has 1 N–H and O–H groups in total. The second-order valence-electron chi connectivity index (χ2n) is 2.29. The van der Waals surface area contributed by atoms with Crippen molar-refractivity contribution in [2.45, 2.75) is 13.2 Å². The van der Waals surface area contributed by atoms with E-state index in [9.17, 15) is 13.2 Å². The van der Waals surface area contributed by atoms with Gasteiger partial charge in [-0.1, -0.05) is 0 Å². The molecule has 0 aliphatic carbocycles. The molecule has 0 atom stereocenters. The van der Waals surface area contributed by atoms with Crippen LogP contribution in [0.2, 0.25) is 0 Å². The molecule has 13 heavy (non-hydrogen) atoms. The number of aliphatic hydroxyl groups is 1. The van der Waals surface area contributed by atoms with E-state index in [4.69, 9.17) is 5.11 Å². The Balaban J connectivity index is 2.92. The number of alkyl halides is 2. The Morgan fingerprint density at radius 1 is 1.38 bits per heavy atom. The van der Waals surface area contributed by atoms with Gasteiger partial charge in [0, 0.05) is 5.56 Å². The van der Waals surface area contributed by atoms with E-state index >= 15 is 0 Å². The average Bonchev–Trinajstić information content (AvgIpc) is 2.07. The first-order valence-electron chi connectivity index (χ1n) is 3.47. The molecule has 1 aromatic rings. The summed E-state index contributed by atoms with van der Waals surface area (Å²) in [5.41, 5.74) is 0.000278. The molecule has 0 radical (unpaired) electrons. The molecule has 0 aromatic heterocycles. The zero-order chi connectivity index (χ0) is 9.84. The zero-order valence-electron chi connectivity index (χ0n) is 6.51. The highest BCUT2D eigenvalue weighted by Gasteiger charge is 2.09. The number of aliphatic hydroxyl groups excluding tert-OH is 1. The Kier molecular flexibility index (Phi) is 3.13. The number of hydrogen-bond donors (Lipinski definition) is 1. The van der Waals surface area contributed by atoms with Crippen molar-refractivity contribution in [3.63, 3.8) is 0 Å². The van der Waals surface area contributed by atoms with Gasteiger partial charge in [0.15, 0.2) is 0 Å². The summed E-state index contributed by atoms with van der Waals surface area (Å²) in [6, 6.07) is 2.97. The Morgan fingerprint density at radius 3 is 2.62 bits per heavy atom. The van der Waals surface area contributed by atoms with Crippen molar-refractivity contribution in [3.05, 3.63) is 29.6 Å². The molecule has 0 unspecified atom stereocenters. The summed E-state index contributed by atoms with van der Waals surface area (Å²) >= 11 is 0. The number of ether oxygens (including phenoxy) is 1. The molecule has 0 spiro atoms. The summed E-state index contributed by atoms with van der Waals surface area (Å²) in [4.78, 5) is 0. The van der Waals surface area contributed by atoms with Gasteiger partial charge in [-0.15, -0.1) is 0 Å². The smallest absolute Gasteiger partial charge is 0.387 e. The first-order valence-corrected chi connectivity index (χ1v) is 3.47. The van der Waals surface area contributed by atoms with Crippen LogP contribution in [0.5, 0.6) is 5.75 Å². The molecule has 0 fully saturated rings. The van der Waals surface area contributed by atoms with Crippen LogP contribution in [0.25, 0.3) is 0 Å². The van der Waals surface area contributed by atoms with Crippen molar-refractivity contribution in [2.75, 3.05) is 0 Å². The summed E-state index contributed by atoms with van der Waals surface area (Å²) in [6.07, 6.45) is 0. The van der Waals surface area contributed by atoms with E-state index in [1.807, 2.05) is 0 Å². The lowest BCUT2D eigenvalue weighted by Crippen LogP contribution is -2.04. The molecule has 0 heterocycles. The molecular weight excluding hydrogens is 185 g/mol. The minimum Gasteiger partial charge on any atom is -0.434 e. The Hall–Kier alpha value is -1.23. The highest BCUT2D eigenvalue weighted by Crippen LogP contribution is 2.21. The first kappa shape index (κ1) is 9.85. The van der Waals surface area contributed by atoms with Crippen LogP contribution in [0.3, 0.4) is 0 Å². The third kappa shape index (κ3) is 2.62. The fourth-order valence-electron chi connectivity index (χ4n) is 0.883. The maximum Gasteiger partial charge on any atom is 0.387 e. The molecule has 0 saturated heterocycles. The number of halogens is 3. The van der Waals surface area contributed by atoms with Crippen molar-refractivity contribution < 1.29 is 23.0 Å². The molecule has 1 rings (SSSR count). The van der Waals surface area contributed by atoms with Gasteiger partial charge in [-0.3, -0.25) is 0 Å². The number of hydrogen-bond acceptors (Lipinski definition) is 2. The third-order valence-electron chi connectivity index (χ3n) is 1.41. The maximum atomic E-state index is 12.5. The molecule has 0 saturated carbocycles. The molecular formula is C8H7F3O2. The summed E-state index contributed by atoms with van der Waals surface area (Å²) in [7, 11) is 0. The predicted octanol–water partition coefficient (Wildman–Crippen LogP) is 1.92. The van der Waals surface area contributed by atoms with Crippen LogP contribution in [0.1, 0.15) is 5.56 Å². The van der Waals surface area contributed by atoms with Crippen molar-refractivity contribution >= 4 is 0 Å². The van der Waals surface area contributed by atoms with Gasteiger partial charge in [0.05, 0.1) is 6.61 Å². The van der Waals surface area contributed by atoms with Crippen molar-refractivity contribution in [1.82, 2.24) is 0 Å². The topological polar surface area (TPSA) is 29.5 Å². The minimum atomic E-state index is -2.98. The lowest BCUT2D eigenvalue weighted by molar-refractivity contribution is -0.0509. The summed E-state index contributed by atoms with van der Waals surface area (Å²) in [5, 5.41) is 8.66. The highest BCUT2D eigenvalue weighted by molar-refractivity contribution is 5.33. The van der Waals surface area contributed by atoms with Crippen molar-refractivity contribution in [3.8, 4) is 5.75 Å². The van der Waals surface area contributed by atoms with Crippen molar-refractivity contribution in [2.24, 2.45) is 0 Å². The highest BCUT2D eigenvalue weighted by atomic mass is 19.3. The molecule has 0 aliphatic rings. The third-order valence-corrected chi connectivity index (χ3v) is 1.41. The van der Waals surface area contributed by atoms with E-state index in [0.29, 0.717) is 0 Å². The standard InChI is InChI=1S/C8H7F3O2/c9-6-1-2-7(13-8(10)11)5(3-6)4-12/h1-3,8,12H,4H2. The normalized spacial score (nSPS) is 10.5. The molecule has 1 aromatic carbocycles. The first-order chi connectivity index (χ1) is 6.13. The summed E-state index contributed by atoms with van der Waals surface area (Å²) < 4.78 is 40.0. The van der Waals surface area contributed by atoms with Crippen molar-refractivity contribution in [1.29, 1.82) is 0 Å². The molecule has 5 heteroatoms. The van der Waals surface area contributed by atoms with Gasteiger partial charge >= 0.3 is 6.61 Å². The second kappa shape index (κ2) is 4.13. The maximum absolute atomic E-state index is 12.5. The van der Waals surface area contributed by atoms with Gasteiger partial charge in [-0.2, -0.15) is 8.78 Å². The minimum absolute atomic E-state index is 0.000278. The van der Waals surface area contributed by atoms with E-state index in [1.165, 1.54) is 0 Å². The zero-order valence-corrected chi connectivity index (χ0v) is 6.51. The lowest BCUT2D eigenvalue weighted by Gasteiger charge is -2.08. The fourth-order valence-corrected chi connectivity index (χ4v) is 0.883. The van der Waals surface area contributed by atoms with Crippen LogP contribution in [0.15, 0.2) is 18.2 Å². The van der Waals surface area contributed by atoms with E-state index in [2.05, 4.69) is 4.74 Å². The molecule has 72 valence electrons. The van der Waals surface area contributed by atoms with Gasteiger partial charge < -0.3 is 9.84 Å². The SMILES string of the molecule is OCc1cc(F)ccc1OC(F)F. The predicted molar refractivity (Wildman–Crippen MR) is 39.0 cm³/mol. The van der Waals surface area contributed by atoms with Crippen LogP contribution >= 0.6 is 0 Å². The van der Waals surface area contributed by atoms with E-state index in [0.717, 1.165) is 18.2 Å². The Labute approximate surface area is 72.6 Å². The molecule has 2 nitrogen and oxygen atoms in total. The van der Waals surface area contributed by atoms with Gasteiger partial charge in [0.2, 0.25) is 0 Å². The Morgan fingerprint density at radius 2 is 2.08 bits per heavy atom. The van der Waals surface area contributed by atoms with E-state index in [-0.39, 0.29) is 11.3 Å².